The Morgan fingerprint density at radius 3 is 2.75 bits per heavy atom. The minimum Gasteiger partial charge on any atom is -0.400 e. The highest BCUT2D eigenvalue weighted by Gasteiger charge is 2.33. The summed E-state index contributed by atoms with van der Waals surface area (Å²) >= 11 is 4.05. The van der Waals surface area contributed by atoms with Crippen LogP contribution < -0.4 is 5.73 Å². The van der Waals surface area contributed by atoms with Crippen molar-refractivity contribution in [3.8, 4) is 0 Å². The molecule has 1 atom stereocenters. The fourth-order valence-corrected chi connectivity index (χ4v) is 1.59. The van der Waals surface area contributed by atoms with Gasteiger partial charge in [-0.3, -0.25) is 4.79 Å². The van der Waals surface area contributed by atoms with Crippen LogP contribution in [0, 0.1) is 0 Å². The lowest BCUT2D eigenvalue weighted by Gasteiger charge is -2.39. The third-order valence-corrected chi connectivity index (χ3v) is 2.52. The fraction of sp³-hybridized carbons (Fsp3) is 0.625. The molecule has 0 spiro atoms. The molecule has 1 fully saturated rings. The molecule has 2 N–H and O–H groups in total. The molecule has 1 aliphatic heterocycles. The summed E-state index contributed by atoms with van der Waals surface area (Å²) in [6, 6.07) is 0.302. The second-order valence-corrected chi connectivity index (χ2v) is 3.40. The molecule has 3 nitrogen and oxygen atoms in total. The summed E-state index contributed by atoms with van der Waals surface area (Å²) < 4.78 is 0. The van der Waals surface area contributed by atoms with Crippen LogP contribution in [-0.4, -0.2) is 22.6 Å². The van der Waals surface area contributed by atoms with Crippen LogP contribution in [0.2, 0.25) is 0 Å². The molecule has 0 saturated carbocycles. The fourth-order valence-electron chi connectivity index (χ4n) is 1.36. The Hall–Kier alpha value is -0.640. The van der Waals surface area contributed by atoms with Crippen molar-refractivity contribution in [2.24, 2.45) is 5.73 Å². The summed E-state index contributed by atoms with van der Waals surface area (Å²) in [6.45, 7) is 3.87. The second-order valence-electron chi connectivity index (χ2n) is 3.09. The third kappa shape index (κ3) is 1.43. The number of nitrogens with zero attached hydrogens (tertiary/aromatic N) is 1. The molecule has 0 aromatic rings. The molecule has 12 heavy (non-hydrogen) atoms. The minimum atomic E-state index is 0.157. The Morgan fingerprint density at radius 1 is 1.83 bits per heavy atom. The summed E-state index contributed by atoms with van der Waals surface area (Å²) in [5, 5.41) is 0. The standard InChI is InChI=1S/C8H14N2OS/c1-5-3-8(11)10(5)6(2)7(9)4-12/h5,12H,3-4,9H2,1-2H3/b7-6+. The van der Waals surface area contributed by atoms with Crippen LogP contribution in [0.25, 0.3) is 0 Å². The number of carbonyl (C=O) groups excluding carboxylic acids is 1. The maximum Gasteiger partial charge on any atom is 0.229 e. The normalized spacial score (nSPS) is 25.1. The van der Waals surface area contributed by atoms with E-state index in [1.807, 2.05) is 13.8 Å². The lowest BCUT2D eigenvalue weighted by Crippen LogP contribution is -2.50. The molecular weight excluding hydrogens is 172 g/mol. The van der Waals surface area contributed by atoms with E-state index in [4.69, 9.17) is 5.73 Å². The molecule has 1 unspecified atom stereocenters. The first kappa shape index (κ1) is 9.45. The van der Waals surface area contributed by atoms with Gasteiger partial charge in [-0.15, -0.1) is 0 Å². The topological polar surface area (TPSA) is 46.3 Å². The van der Waals surface area contributed by atoms with Crippen LogP contribution in [-0.2, 0) is 4.79 Å². The van der Waals surface area contributed by atoms with Crippen LogP contribution in [0.3, 0.4) is 0 Å². The van der Waals surface area contributed by atoms with E-state index in [2.05, 4.69) is 12.6 Å². The lowest BCUT2D eigenvalue weighted by atomic mass is 10.0. The Bertz CT molecular complexity index is 237. The highest BCUT2D eigenvalue weighted by molar-refractivity contribution is 7.80. The number of nitrogens with two attached hydrogens (primary N) is 1. The van der Waals surface area contributed by atoms with Crippen molar-refractivity contribution in [2.45, 2.75) is 26.3 Å². The molecule has 1 saturated heterocycles. The zero-order valence-electron chi connectivity index (χ0n) is 7.37. The zero-order valence-corrected chi connectivity index (χ0v) is 8.27. The van der Waals surface area contributed by atoms with Crippen LogP contribution in [0.5, 0.6) is 0 Å². The Labute approximate surface area is 78.0 Å². The maximum absolute atomic E-state index is 11.1. The summed E-state index contributed by atoms with van der Waals surface area (Å²) in [7, 11) is 0. The van der Waals surface area contributed by atoms with E-state index in [1.165, 1.54) is 0 Å². The monoisotopic (exact) mass is 186 g/mol. The van der Waals surface area contributed by atoms with Gasteiger partial charge in [-0.1, -0.05) is 0 Å². The molecule has 0 aromatic heterocycles. The molecule has 0 aliphatic carbocycles. The van der Waals surface area contributed by atoms with Gasteiger partial charge in [0.25, 0.3) is 0 Å². The van der Waals surface area contributed by atoms with Gasteiger partial charge in [0.1, 0.15) is 0 Å². The van der Waals surface area contributed by atoms with Gasteiger partial charge >= 0.3 is 0 Å². The predicted octanol–water partition coefficient (Wildman–Crippen LogP) is 0.727. The number of allylic oxidation sites excluding steroid dienone is 1. The first-order chi connectivity index (χ1) is 5.57. The van der Waals surface area contributed by atoms with Gasteiger partial charge in [0.2, 0.25) is 5.91 Å². The number of carbonyl (C=O) groups is 1. The van der Waals surface area contributed by atoms with Crippen molar-refractivity contribution in [1.82, 2.24) is 4.90 Å². The summed E-state index contributed by atoms with van der Waals surface area (Å²) in [4.78, 5) is 12.8. The Morgan fingerprint density at radius 2 is 2.42 bits per heavy atom. The average Bonchev–Trinajstić information content (AvgIpc) is 2.02. The van der Waals surface area contributed by atoms with Gasteiger partial charge in [0, 0.05) is 29.6 Å². The molecule has 1 rings (SSSR count). The minimum absolute atomic E-state index is 0.157. The first-order valence-corrected chi connectivity index (χ1v) is 4.59. The van der Waals surface area contributed by atoms with E-state index in [9.17, 15) is 4.79 Å². The molecule has 0 radical (unpaired) electrons. The quantitative estimate of drug-likeness (QED) is 0.493. The van der Waals surface area contributed by atoms with E-state index in [0.29, 0.717) is 23.9 Å². The largest absolute Gasteiger partial charge is 0.400 e. The van der Waals surface area contributed by atoms with Gasteiger partial charge in [-0.05, 0) is 13.8 Å². The van der Waals surface area contributed by atoms with E-state index < -0.39 is 0 Å². The summed E-state index contributed by atoms with van der Waals surface area (Å²) in [5.74, 6) is 0.659. The number of likely N-dealkylation sites (tertiary alicyclic amines) is 1. The molecule has 0 bridgehead atoms. The molecule has 1 heterocycles. The Kier molecular flexibility index (Phi) is 2.67. The molecule has 1 amide bonds. The van der Waals surface area contributed by atoms with Gasteiger partial charge in [0.05, 0.1) is 0 Å². The number of amides is 1. The van der Waals surface area contributed by atoms with Gasteiger partial charge < -0.3 is 10.6 Å². The highest BCUT2D eigenvalue weighted by atomic mass is 32.1. The van der Waals surface area contributed by atoms with Crippen LogP contribution >= 0.6 is 12.6 Å². The zero-order chi connectivity index (χ0) is 9.30. The summed E-state index contributed by atoms with van der Waals surface area (Å²) in [6.07, 6.45) is 0.636. The van der Waals surface area contributed by atoms with Crippen molar-refractivity contribution in [1.29, 1.82) is 0 Å². The maximum atomic E-state index is 11.1. The first-order valence-electron chi connectivity index (χ1n) is 3.96. The van der Waals surface area contributed by atoms with Crippen LogP contribution in [0.4, 0.5) is 0 Å². The van der Waals surface area contributed by atoms with Crippen molar-refractivity contribution in [3.05, 3.63) is 11.4 Å². The van der Waals surface area contributed by atoms with Crippen molar-refractivity contribution >= 4 is 18.5 Å². The molecule has 0 aromatic carbocycles. The highest BCUT2D eigenvalue weighted by Crippen LogP contribution is 2.24. The second kappa shape index (κ2) is 3.39. The van der Waals surface area contributed by atoms with E-state index in [1.54, 1.807) is 4.90 Å². The lowest BCUT2D eigenvalue weighted by molar-refractivity contribution is -0.141. The number of rotatable bonds is 2. The SMILES string of the molecule is C/C(=C(\N)CS)N1C(=O)CC1C. The molecular formula is C8H14N2OS. The molecule has 1 aliphatic rings. The van der Waals surface area contributed by atoms with Crippen molar-refractivity contribution in [2.75, 3.05) is 5.75 Å². The smallest absolute Gasteiger partial charge is 0.229 e. The molecule has 68 valence electrons. The number of hydrogen-bond acceptors (Lipinski definition) is 3. The number of β-lactam (4-membered cyclic amide) rings is 1. The van der Waals surface area contributed by atoms with Gasteiger partial charge in [-0.2, -0.15) is 12.6 Å². The van der Waals surface area contributed by atoms with Gasteiger partial charge in [0.15, 0.2) is 0 Å². The van der Waals surface area contributed by atoms with E-state index in [0.717, 1.165) is 5.70 Å². The van der Waals surface area contributed by atoms with Gasteiger partial charge in [-0.25, -0.2) is 0 Å². The van der Waals surface area contributed by atoms with E-state index in [-0.39, 0.29) is 5.91 Å². The van der Waals surface area contributed by atoms with Crippen LogP contribution in [0.15, 0.2) is 11.4 Å². The average molecular weight is 186 g/mol. The number of hydrogen-bond donors (Lipinski definition) is 2. The van der Waals surface area contributed by atoms with Crippen molar-refractivity contribution in [3.63, 3.8) is 0 Å². The third-order valence-electron chi connectivity index (χ3n) is 2.18. The molecule has 4 heteroatoms. The number of thiol groups is 1. The summed E-state index contributed by atoms with van der Waals surface area (Å²) in [5.41, 5.74) is 7.19. The van der Waals surface area contributed by atoms with Crippen LogP contribution in [0.1, 0.15) is 20.3 Å². The van der Waals surface area contributed by atoms with Crippen molar-refractivity contribution < 1.29 is 4.79 Å². The van der Waals surface area contributed by atoms with E-state index >= 15 is 0 Å². The Balaban J connectivity index is 2.76. The predicted molar refractivity (Wildman–Crippen MR) is 51.7 cm³/mol.